The number of fused-ring (bicyclic) bond motifs is 2. The molecule has 0 aliphatic heterocycles. The van der Waals surface area contributed by atoms with E-state index in [9.17, 15) is 9.90 Å². The number of halogens is 1. The highest BCUT2D eigenvalue weighted by molar-refractivity contribution is 6.35. The smallest absolute Gasteiger partial charge is 0.258 e. The van der Waals surface area contributed by atoms with Gasteiger partial charge in [0.1, 0.15) is 17.0 Å². The van der Waals surface area contributed by atoms with Crippen molar-refractivity contribution in [2.45, 2.75) is 6.04 Å². The maximum atomic E-state index is 12.9. The van der Waals surface area contributed by atoms with Gasteiger partial charge in [0.15, 0.2) is 6.61 Å². The Morgan fingerprint density at radius 3 is 2.65 bits per heavy atom. The van der Waals surface area contributed by atoms with Crippen LogP contribution >= 0.6 is 11.6 Å². The minimum absolute atomic E-state index is 0.0533. The van der Waals surface area contributed by atoms with E-state index in [0.717, 1.165) is 10.9 Å². The topological polar surface area (TPSA) is 84.3 Å². The molecule has 0 saturated carbocycles. The largest absolute Gasteiger partial charge is 0.505 e. The average Bonchev–Trinajstić information content (AvgIpc) is 2.89. The molecule has 0 spiro atoms. The number of carbonyl (C=O) groups is 1. The maximum Gasteiger partial charge on any atom is 0.258 e. The van der Waals surface area contributed by atoms with Crippen molar-refractivity contribution in [3.63, 3.8) is 0 Å². The number of nitrogens with zero attached hydrogens (tertiary/aromatic N) is 2. The number of pyridine rings is 2. The Bertz CT molecular complexity index is 1490. The minimum atomic E-state index is -0.729. The number of hydrogen-bond acceptors (Lipinski definition) is 5. The van der Waals surface area contributed by atoms with Crippen molar-refractivity contribution in [1.29, 1.82) is 0 Å². The Balaban J connectivity index is 1.55. The SMILES string of the molecule is O=C(COc1ccccc1)NC(c1cnc2ccccc2c1)c1cc(Cl)c2cccnc2c1O. The standard InChI is InChI=1S/C27H20ClN3O3/c28-22-14-21(27(33)26-20(22)10-6-12-29-26)25(18-13-17-7-4-5-11-23(17)30-15-18)31-24(32)16-34-19-8-2-1-3-9-19/h1-15,25,33H,16H2,(H,31,32). The van der Waals surface area contributed by atoms with Crippen molar-refractivity contribution < 1.29 is 14.6 Å². The molecule has 2 heterocycles. The summed E-state index contributed by atoms with van der Waals surface area (Å²) in [5, 5.41) is 16.0. The highest BCUT2D eigenvalue weighted by atomic mass is 35.5. The van der Waals surface area contributed by atoms with Crippen molar-refractivity contribution in [3.05, 3.63) is 107 Å². The second kappa shape index (κ2) is 9.37. The zero-order valence-corrected chi connectivity index (χ0v) is 18.7. The third kappa shape index (κ3) is 4.36. The van der Waals surface area contributed by atoms with Gasteiger partial charge in [-0.1, -0.05) is 48.0 Å². The Morgan fingerprint density at radius 1 is 1.00 bits per heavy atom. The van der Waals surface area contributed by atoms with Gasteiger partial charge in [-0.3, -0.25) is 14.8 Å². The predicted octanol–water partition coefficient (Wildman–Crippen LogP) is 5.43. The van der Waals surface area contributed by atoms with Gasteiger partial charge in [0.2, 0.25) is 0 Å². The zero-order chi connectivity index (χ0) is 23.5. The van der Waals surface area contributed by atoms with Gasteiger partial charge in [-0.05, 0) is 48.0 Å². The molecule has 7 heteroatoms. The predicted molar refractivity (Wildman–Crippen MR) is 132 cm³/mol. The number of benzene rings is 3. The zero-order valence-electron chi connectivity index (χ0n) is 18.0. The molecular weight excluding hydrogens is 450 g/mol. The number of rotatable bonds is 6. The number of carbonyl (C=O) groups excluding carboxylic acids is 1. The Labute approximate surface area is 200 Å². The molecule has 2 N–H and O–H groups in total. The van der Waals surface area contributed by atoms with E-state index in [0.29, 0.717) is 32.8 Å². The summed E-state index contributed by atoms with van der Waals surface area (Å²) in [4.78, 5) is 21.7. The van der Waals surface area contributed by atoms with Crippen LogP contribution in [0.2, 0.25) is 5.02 Å². The monoisotopic (exact) mass is 469 g/mol. The second-order valence-corrected chi connectivity index (χ2v) is 8.17. The molecule has 6 nitrogen and oxygen atoms in total. The van der Waals surface area contributed by atoms with E-state index >= 15 is 0 Å². The van der Waals surface area contributed by atoms with Gasteiger partial charge < -0.3 is 15.2 Å². The fraction of sp³-hybridized carbons (Fsp3) is 0.0741. The van der Waals surface area contributed by atoms with Gasteiger partial charge in [0.05, 0.1) is 16.6 Å². The van der Waals surface area contributed by atoms with Crippen LogP contribution in [0.1, 0.15) is 17.2 Å². The lowest BCUT2D eigenvalue weighted by atomic mass is 9.96. The van der Waals surface area contributed by atoms with Crippen LogP contribution in [0.5, 0.6) is 11.5 Å². The summed E-state index contributed by atoms with van der Waals surface area (Å²) in [6.07, 6.45) is 3.27. The lowest BCUT2D eigenvalue weighted by Gasteiger charge is -2.22. The molecule has 0 aliphatic rings. The molecule has 1 amide bonds. The highest BCUT2D eigenvalue weighted by Crippen LogP contribution is 2.38. The van der Waals surface area contributed by atoms with E-state index in [1.807, 2.05) is 48.5 Å². The number of para-hydroxylation sites is 2. The van der Waals surface area contributed by atoms with Crippen LogP contribution in [0.15, 0.2) is 91.3 Å². The first-order valence-electron chi connectivity index (χ1n) is 10.7. The number of phenolic OH excluding ortho intramolecular Hbond substituents is 1. The number of aromatic hydroxyl groups is 1. The lowest BCUT2D eigenvalue weighted by Crippen LogP contribution is -2.33. The first kappa shape index (κ1) is 21.7. The Morgan fingerprint density at radius 2 is 1.79 bits per heavy atom. The van der Waals surface area contributed by atoms with Crippen LogP contribution in [0.3, 0.4) is 0 Å². The van der Waals surface area contributed by atoms with Crippen LogP contribution in [0.4, 0.5) is 0 Å². The average molecular weight is 470 g/mol. The van der Waals surface area contributed by atoms with Crippen molar-refractivity contribution in [1.82, 2.24) is 15.3 Å². The summed E-state index contributed by atoms with van der Waals surface area (Å²) in [5.41, 5.74) is 2.29. The van der Waals surface area contributed by atoms with Crippen LogP contribution in [0, 0.1) is 0 Å². The quantitative estimate of drug-likeness (QED) is 0.346. The van der Waals surface area contributed by atoms with Crippen LogP contribution in [-0.4, -0.2) is 27.6 Å². The second-order valence-electron chi connectivity index (χ2n) is 7.76. The molecule has 3 aromatic carbocycles. The summed E-state index contributed by atoms with van der Waals surface area (Å²) >= 11 is 6.53. The van der Waals surface area contributed by atoms with E-state index in [4.69, 9.17) is 16.3 Å². The fourth-order valence-corrected chi connectivity index (χ4v) is 4.15. The molecule has 0 fully saturated rings. The normalized spacial score (nSPS) is 11.9. The summed E-state index contributed by atoms with van der Waals surface area (Å²) in [5.74, 6) is 0.170. The first-order valence-corrected chi connectivity index (χ1v) is 11.1. The summed E-state index contributed by atoms with van der Waals surface area (Å²) in [6, 6.07) is 23.2. The molecule has 1 unspecified atom stereocenters. The van der Waals surface area contributed by atoms with Crippen LogP contribution < -0.4 is 10.1 Å². The number of amides is 1. The van der Waals surface area contributed by atoms with E-state index in [2.05, 4.69) is 15.3 Å². The summed E-state index contributed by atoms with van der Waals surface area (Å²) in [6.45, 7) is -0.193. The van der Waals surface area contributed by atoms with Crippen LogP contribution in [0.25, 0.3) is 21.8 Å². The molecule has 168 valence electrons. The fourth-order valence-electron chi connectivity index (χ4n) is 3.88. The minimum Gasteiger partial charge on any atom is -0.505 e. The molecule has 0 saturated heterocycles. The first-order chi connectivity index (χ1) is 16.6. The van der Waals surface area contributed by atoms with Gasteiger partial charge >= 0.3 is 0 Å². The number of hydrogen-bond donors (Lipinski definition) is 2. The van der Waals surface area contributed by atoms with Gasteiger partial charge in [-0.2, -0.15) is 0 Å². The highest BCUT2D eigenvalue weighted by Gasteiger charge is 2.24. The van der Waals surface area contributed by atoms with Gasteiger partial charge in [0, 0.05) is 28.7 Å². The molecule has 5 rings (SSSR count). The number of aromatic nitrogens is 2. The number of phenols is 1. The van der Waals surface area contributed by atoms with Gasteiger partial charge in [-0.15, -0.1) is 0 Å². The van der Waals surface area contributed by atoms with E-state index < -0.39 is 6.04 Å². The van der Waals surface area contributed by atoms with Crippen LogP contribution in [-0.2, 0) is 4.79 Å². The van der Waals surface area contributed by atoms with Crippen molar-refractivity contribution in [2.24, 2.45) is 0 Å². The molecular formula is C27H20ClN3O3. The van der Waals surface area contributed by atoms with E-state index in [1.165, 1.54) is 0 Å². The maximum absolute atomic E-state index is 12.9. The van der Waals surface area contributed by atoms with Gasteiger partial charge in [0.25, 0.3) is 5.91 Å². The number of nitrogens with one attached hydrogen (secondary N) is 1. The molecule has 5 aromatic rings. The molecule has 0 aliphatic carbocycles. The molecule has 0 bridgehead atoms. The third-order valence-electron chi connectivity index (χ3n) is 5.52. The summed E-state index contributed by atoms with van der Waals surface area (Å²) < 4.78 is 5.61. The Kier molecular flexibility index (Phi) is 5.97. The van der Waals surface area contributed by atoms with Crippen molar-refractivity contribution in [2.75, 3.05) is 6.61 Å². The van der Waals surface area contributed by atoms with Crippen molar-refractivity contribution in [3.8, 4) is 11.5 Å². The Hall–Kier alpha value is -4.16. The van der Waals surface area contributed by atoms with Gasteiger partial charge in [-0.25, -0.2) is 0 Å². The molecule has 2 aromatic heterocycles. The lowest BCUT2D eigenvalue weighted by molar-refractivity contribution is -0.123. The summed E-state index contributed by atoms with van der Waals surface area (Å²) in [7, 11) is 0. The third-order valence-corrected chi connectivity index (χ3v) is 5.83. The number of ether oxygens (including phenoxy) is 1. The molecule has 1 atom stereocenters. The van der Waals surface area contributed by atoms with E-state index in [-0.39, 0.29) is 18.3 Å². The van der Waals surface area contributed by atoms with E-state index in [1.54, 1.807) is 42.7 Å². The molecule has 34 heavy (non-hydrogen) atoms. The van der Waals surface area contributed by atoms with Crippen molar-refractivity contribution >= 4 is 39.3 Å². The molecule has 0 radical (unpaired) electrons.